The maximum atomic E-state index is 13.6. The van der Waals surface area contributed by atoms with Crippen molar-refractivity contribution in [3.05, 3.63) is 93.2 Å². The lowest BCUT2D eigenvalue weighted by Gasteiger charge is -2.39. The van der Waals surface area contributed by atoms with Crippen LogP contribution in [0.4, 0.5) is 0 Å². The Morgan fingerprint density at radius 3 is 2.60 bits per heavy atom. The first-order valence-corrected chi connectivity index (χ1v) is 13.3. The van der Waals surface area contributed by atoms with Crippen LogP contribution in [0, 0.1) is 12.8 Å². The molecule has 1 aromatic heterocycles. The van der Waals surface area contributed by atoms with E-state index in [4.69, 9.17) is 0 Å². The third-order valence-electron chi connectivity index (χ3n) is 7.46. The van der Waals surface area contributed by atoms with Crippen molar-refractivity contribution in [3.63, 3.8) is 0 Å². The van der Waals surface area contributed by atoms with Crippen molar-refractivity contribution in [1.29, 1.82) is 0 Å². The van der Waals surface area contributed by atoms with Gasteiger partial charge in [-0.15, -0.1) is 11.3 Å². The van der Waals surface area contributed by atoms with Crippen molar-refractivity contribution >= 4 is 23.2 Å². The van der Waals surface area contributed by atoms with Gasteiger partial charge in [-0.1, -0.05) is 54.1 Å². The molecule has 0 saturated carbocycles. The van der Waals surface area contributed by atoms with E-state index in [1.807, 2.05) is 48.8 Å². The van der Waals surface area contributed by atoms with Gasteiger partial charge in [0.15, 0.2) is 0 Å². The second-order valence-corrected chi connectivity index (χ2v) is 10.9. The Morgan fingerprint density at radius 2 is 1.86 bits per heavy atom. The molecule has 3 heterocycles. The van der Waals surface area contributed by atoms with E-state index in [1.54, 1.807) is 16.2 Å². The lowest BCUT2D eigenvalue weighted by Crippen LogP contribution is -2.46. The number of aryl methyl sites for hydroxylation is 1. The van der Waals surface area contributed by atoms with Crippen LogP contribution in [-0.4, -0.2) is 48.3 Å². The Bertz CT molecular complexity index is 1180. The highest BCUT2D eigenvalue weighted by Gasteiger charge is 2.43. The largest absolute Gasteiger partial charge is 0.355 e. The first-order chi connectivity index (χ1) is 17.0. The number of hydrogen-bond donors (Lipinski definition) is 1. The van der Waals surface area contributed by atoms with E-state index in [0.717, 1.165) is 42.9 Å². The van der Waals surface area contributed by atoms with Gasteiger partial charge in [0.2, 0.25) is 5.91 Å². The van der Waals surface area contributed by atoms with Gasteiger partial charge < -0.3 is 10.2 Å². The van der Waals surface area contributed by atoms with Crippen molar-refractivity contribution in [1.82, 2.24) is 15.1 Å². The zero-order valence-electron chi connectivity index (χ0n) is 20.4. The van der Waals surface area contributed by atoms with E-state index in [2.05, 4.69) is 41.4 Å². The van der Waals surface area contributed by atoms with Gasteiger partial charge in [0, 0.05) is 30.6 Å². The molecule has 2 amide bonds. The van der Waals surface area contributed by atoms with Crippen molar-refractivity contribution in [3.8, 4) is 0 Å². The van der Waals surface area contributed by atoms with Crippen LogP contribution < -0.4 is 5.32 Å². The summed E-state index contributed by atoms with van der Waals surface area (Å²) in [5, 5.41) is 5.28. The summed E-state index contributed by atoms with van der Waals surface area (Å²) in [5.41, 5.74) is 4.13. The number of likely N-dealkylation sites (N-methyl/N-ethyl adjacent to an activating group) is 1. The van der Waals surface area contributed by atoms with Crippen LogP contribution in [-0.2, 0) is 11.3 Å². The van der Waals surface area contributed by atoms with Gasteiger partial charge in [-0.05, 0) is 67.4 Å². The molecule has 182 valence electrons. The van der Waals surface area contributed by atoms with Crippen LogP contribution >= 0.6 is 11.3 Å². The molecular weight excluding hydrogens is 454 g/mol. The predicted octanol–water partition coefficient (Wildman–Crippen LogP) is 5.00. The zero-order valence-corrected chi connectivity index (χ0v) is 21.3. The number of hydrogen-bond acceptors (Lipinski definition) is 4. The summed E-state index contributed by atoms with van der Waals surface area (Å²) in [6.45, 7) is 5.92. The second kappa shape index (κ2) is 10.3. The topological polar surface area (TPSA) is 52.7 Å². The summed E-state index contributed by atoms with van der Waals surface area (Å²) < 4.78 is 0. The molecule has 0 aliphatic carbocycles. The number of thiophene rings is 1. The lowest BCUT2D eigenvalue weighted by atomic mass is 9.81. The van der Waals surface area contributed by atoms with Gasteiger partial charge in [-0.3, -0.25) is 14.5 Å². The van der Waals surface area contributed by atoms with Crippen LogP contribution in [0.3, 0.4) is 0 Å². The summed E-state index contributed by atoms with van der Waals surface area (Å²) in [5.74, 6) is 0.0569. The number of nitrogens with zero attached hydrogens (tertiary/aromatic N) is 2. The van der Waals surface area contributed by atoms with Gasteiger partial charge in [-0.2, -0.15) is 0 Å². The minimum absolute atomic E-state index is 0.0115. The molecule has 5 rings (SSSR count). The maximum Gasteiger partial charge on any atom is 0.254 e. The summed E-state index contributed by atoms with van der Waals surface area (Å²) >= 11 is 1.60. The fraction of sp³-hybridized carbons (Fsp3) is 0.379. The number of piperidine rings is 1. The molecule has 0 bridgehead atoms. The SMILES string of the molecule is Cc1cccc(CN2CCC(CNC(=O)[C@@H]3c4ccccc4C(=O)N(C)[C@H]3c3cccs3)CC2)c1. The smallest absolute Gasteiger partial charge is 0.254 e. The van der Waals surface area contributed by atoms with Gasteiger partial charge >= 0.3 is 0 Å². The molecule has 35 heavy (non-hydrogen) atoms. The number of carbonyl (C=O) groups excluding carboxylic acids is 2. The molecule has 0 unspecified atom stereocenters. The van der Waals surface area contributed by atoms with Crippen LogP contribution in [0.1, 0.15) is 56.7 Å². The molecule has 1 saturated heterocycles. The van der Waals surface area contributed by atoms with Gasteiger partial charge in [0.25, 0.3) is 5.91 Å². The van der Waals surface area contributed by atoms with Crippen molar-refractivity contribution < 1.29 is 9.59 Å². The molecule has 0 spiro atoms. The Labute approximate surface area is 211 Å². The van der Waals surface area contributed by atoms with E-state index in [-0.39, 0.29) is 17.9 Å². The Balaban J connectivity index is 1.24. The number of fused-ring (bicyclic) bond motifs is 1. The molecule has 5 nitrogen and oxygen atoms in total. The molecule has 1 fully saturated rings. The number of rotatable bonds is 6. The summed E-state index contributed by atoms with van der Waals surface area (Å²) in [6, 6.07) is 20.0. The molecule has 3 aromatic rings. The van der Waals surface area contributed by atoms with Crippen molar-refractivity contribution in [2.75, 3.05) is 26.7 Å². The molecule has 2 atom stereocenters. The Hall–Kier alpha value is -2.96. The van der Waals surface area contributed by atoms with Crippen molar-refractivity contribution in [2.45, 2.75) is 38.3 Å². The monoisotopic (exact) mass is 487 g/mol. The number of carbonyl (C=O) groups is 2. The maximum absolute atomic E-state index is 13.6. The van der Waals surface area contributed by atoms with Crippen LogP contribution in [0.25, 0.3) is 0 Å². The first-order valence-electron chi connectivity index (χ1n) is 12.5. The summed E-state index contributed by atoms with van der Waals surface area (Å²) in [7, 11) is 1.81. The van der Waals surface area contributed by atoms with E-state index < -0.39 is 5.92 Å². The Morgan fingerprint density at radius 1 is 1.06 bits per heavy atom. The third kappa shape index (κ3) is 5.04. The first kappa shape index (κ1) is 23.8. The molecule has 0 radical (unpaired) electrons. The fourth-order valence-electron chi connectivity index (χ4n) is 5.54. The molecule has 6 heteroatoms. The summed E-state index contributed by atoms with van der Waals surface area (Å²) in [4.78, 5) is 32.0. The normalized spacial score (nSPS) is 21.1. The molecule has 2 aliphatic rings. The third-order valence-corrected chi connectivity index (χ3v) is 8.40. The Kier molecular flexibility index (Phi) is 7.02. The fourth-order valence-corrected chi connectivity index (χ4v) is 6.45. The highest BCUT2D eigenvalue weighted by molar-refractivity contribution is 7.10. The summed E-state index contributed by atoms with van der Waals surface area (Å²) in [6.07, 6.45) is 2.17. The molecular formula is C29H33N3O2S. The number of nitrogens with one attached hydrogen (secondary N) is 1. The van der Waals surface area contributed by atoms with Crippen LogP contribution in [0.2, 0.25) is 0 Å². The molecule has 1 N–H and O–H groups in total. The molecule has 2 aliphatic heterocycles. The number of amides is 2. The zero-order chi connectivity index (χ0) is 24.4. The lowest BCUT2D eigenvalue weighted by molar-refractivity contribution is -0.124. The van der Waals surface area contributed by atoms with Gasteiger partial charge in [0.05, 0.1) is 12.0 Å². The van der Waals surface area contributed by atoms with E-state index in [1.165, 1.54) is 11.1 Å². The minimum Gasteiger partial charge on any atom is -0.355 e. The van der Waals surface area contributed by atoms with E-state index in [0.29, 0.717) is 18.0 Å². The standard InChI is InChI=1S/C29H33N3O2S/c1-20-7-5-8-22(17-20)19-32-14-12-21(13-15-32)18-30-28(33)26-23-9-3-4-10-24(23)29(34)31(2)27(26)25-11-6-16-35-25/h3-11,16-17,21,26-27H,12-15,18-19H2,1-2H3,(H,30,33)/t26-,27+/m1/s1. The number of benzene rings is 2. The average Bonchev–Trinajstić information content (AvgIpc) is 3.40. The highest BCUT2D eigenvalue weighted by atomic mass is 32.1. The molecule has 2 aromatic carbocycles. The second-order valence-electron chi connectivity index (χ2n) is 9.89. The van der Waals surface area contributed by atoms with Crippen molar-refractivity contribution in [2.24, 2.45) is 5.92 Å². The highest BCUT2D eigenvalue weighted by Crippen LogP contribution is 2.43. The van der Waals surface area contributed by atoms with E-state index in [9.17, 15) is 9.59 Å². The average molecular weight is 488 g/mol. The van der Waals surface area contributed by atoms with E-state index >= 15 is 0 Å². The predicted molar refractivity (Wildman–Crippen MR) is 141 cm³/mol. The van der Waals surface area contributed by atoms with Crippen LogP contribution in [0.15, 0.2) is 66.0 Å². The van der Waals surface area contributed by atoms with Gasteiger partial charge in [-0.25, -0.2) is 0 Å². The van der Waals surface area contributed by atoms with Gasteiger partial charge in [0.1, 0.15) is 0 Å². The quantitative estimate of drug-likeness (QED) is 0.533. The van der Waals surface area contributed by atoms with Crippen LogP contribution in [0.5, 0.6) is 0 Å². The number of likely N-dealkylation sites (tertiary alicyclic amines) is 1. The minimum atomic E-state index is -0.408.